The summed E-state index contributed by atoms with van der Waals surface area (Å²) in [5.41, 5.74) is 0.679. The number of hydrogen-bond donors (Lipinski definition) is 2. The molecule has 0 fully saturated rings. The quantitative estimate of drug-likeness (QED) is 0.549. The molecule has 2 N–H and O–H groups in total. The monoisotopic (exact) mass is 241 g/mol. The molecule has 5 heteroatoms. The number of nitrogens with one attached hydrogen (secondary N) is 1. The lowest BCUT2D eigenvalue weighted by molar-refractivity contribution is -0.121. The van der Waals surface area contributed by atoms with Gasteiger partial charge in [0, 0.05) is 0 Å². The third-order valence-electron chi connectivity index (χ3n) is 1.82. The standard InChI is InChI=1S/C11H15NO3S/c1-4-6-8-10(7-5-2)9(3)11(13)12-16(14)15/h4-9H,1-2H2,3H3,(H,12,13)(H,14,15)/b8-6-,10-7+. The summed E-state index contributed by atoms with van der Waals surface area (Å²) in [6.45, 7) is 8.68. The van der Waals surface area contributed by atoms with Crippen molar-refractivity contribution in [2.75, 3.05) is 0 Å². The van der Waals surface area contributed by atoms with Crippen LogP contribution in [0, 0.1) is 5.92 Å². The molecule has 0 spiro atoms. The third kappa shape index (κ3) is 5.43. The zero-order chi connectivity index (χ0) is 12.6. The molecule has 88 valence electrons. The molecule has 2 unspecified atom stereocenters. The van der Waals surface area contributed by atoms with Crippen LogP contribution in [-0.4, -0.2) is 14.7 Å². The van der Waals surface area contributed by atoms with E-state index in [0.29, 0.717) is 5.57 Å². The van der Waals surface area contributed by atoms with Gasteiger partial charge in [0.2, 0.25) is 5.91 Å². The Hall–Kier alpha value is -1.46. The zero-order valence-corrected chi connectivity index (χ0v) is 9.87. The first-order valence-corrected chi connectivity index (χ1v) is 5.66. The Morgan fingerprint density at radius 2 is 2.06 bits per heavy atom. The summed E-state index contributed by atoms with van der Waals surface area (Å²) < 4.78 is 20.9. The van der Waals surface area contributed by atoms with Gasteiger partial charge in [-0.1, -0.05) is 43.5 Å². The largest absolute Gasteiger partial charge is 0.289 e. The number of carbonyl (C=O) groups is 1. The van der Waals surface area contributed by atoms with Gasteiger partial charge in [-0.05, 0) is 12.5 Å². The molecular formula is C11H15NO3S. The van der Waals surface area contributed by atoms with Gasteiger partial charge in [0.1, 0.15) is 0 Å². The van der Waals surface area contributed by atoms with Gasteiger partial charge in [-0.15, -0.1) is 0 Å². The van der Waals surface area contributed by atoms with E-state index < -0.39 is 23.1 Å². The van der Waals surface area contributed by atoms with Crippen molar-refractivity contribution < 1.29 is 13.6 Å². The minimum absolute atomic E-state index is 0.525. The summed E-state index contributed by atoms with van der Waals surface area (Å²) in [5.74, 6) is -1.06. The van der Waals surface area contributed by atoms with E-state index in [-0.39, 0.29) is 0 Å². The van der Waals surface area contributed by atoms with Gasteiger partial charge in [-0.2, -0.15) is 0 Å². The smallest absolute Gasteiger partial charge is 0.261 e. The fraction of sp³-hybridized carbons (Fsp3) is 0.182. The number of amides is 1. The van der Waals surface area contributed by atoms with Crippen molar-refractivity contribution in [3.63, 3.8) is 0 Å². The molecular weight excluding hydrogens is 226 g/mol. The minimum Gasteiger partial charge on any atom is -0.289 e. The van der Waals surface area contributed by atoms with E-state index in [9.17, 15) is 9.00 Å². The normalized spacial score (nSPS) is 15.5. The zero-order valence-electron chi connectivity index (χ0n) is 9.05. The molecule has 0 rings (SSSR count). The van der Waals surface area contributed by atoms with Gasteiger partial charge in [-0.3, -0.25) is 14.1 Å². The Morgan fingerprint density at radius 1 is 1.44 bits per heavy atom. The van der Waals surface area contributed by atoms with E-state index in [4.69, 9.17) is 4.55 Å². The van der Waals surface area contributed by atoms with Crippen molar-refractivity contribution in [3.05, 3.63) is 49.1 Å². The van der Waals surface area contributed by atoms with Gasteiger partial charge in [0.05, 0.1) is 5.92 Å². The SMILES string of the molecule is C=C/C=C\C(=C/C=C)C(C)C(=O)NS(=O)O. The molecule has 0 aliphatic heterocycles. The van der Waals surface area contributed by atoms with E-state index in [0.717, 1.165) is 0 Å². The molecule has 0 aromatic rings. The summed E-state index contributed by atoms with van der Waals surface area (Å²) in [4.78, 5) is 11.4. The second kappa shape index (κ2) is 7.78. The predicted octanol–water partition coefficient (Wildman–Crippen LogP) is 1.73. The van der Waals surface area contributed by atoms with Crippen molar-refractivity contribution >= 4 is 17.2 Å². The maximum atomic E-state index is 11.4. The van der Waals surface area contributed by atoms with Gasteiger partial charge in [-0.25, -0.2) is 4.21 Å². The molecule has 1 amide bonds. The topological polar surface area (TPSA) is 66.4 Å². The Labute approximate surface area is 97.9 Å². The summed E-state index contributed by atoms with van der Waals surface area (Å²) in [6.07, 6.45) is 8.15. The van der Waals surface area contributed by atoms with E-state index in [1.54, 1.807) is 37.3 Å². The van der Waals surface area contributed by atoms with Gasteiger partial charge in [0.25, 0.3) is 11.3 Å². The van der Waals surface area contributed by atoms with Crippen LogP contribution in [0.25, 0.3) is 0 Å². The Kier molecular flexibility index (Phi) is 7.07. The van der Waals surface area contributed by atoms with E-state index in [2.05, 4.69) is 13.2 Å². The van der Waals surface area contributed by atoms with E-state index in [1.165, 1.54) is 0 Å². The first kappa shape index (κ1) is 14.5. The molecule has 16 heavy (non-hydrogen) atoms. The van der Waals surface area contributed by atoms with Crippen LogP contribution in [0.5, 0.6) is 0 Å². The molecule has 2 atom stereocenters. The van der Waals surface area contributed by atoms with Gasteiger partial charge in [0.15, 0.2) is 0 Å². The van der Waals surface area contributed by atoms with Crippen molar-refractivity contribution in [2.24, 2.45) is 5.92 Å². The van der Waals surface area contributed by atoms with Gasteiger partial charge >= 0.3 is 0 Å². The van der Waals surface area contributed by atoms with Crippen LogP contribution >= 0.6 is 0 Å². The second-order valence-electron chi connectivity index (χ2n) is 2.93. The molecule has 0 aliphatic rings. The summed E-state index contributed by atoms with van der Waals surface area (Å²) in [7, 11) is 0. The highest BCUT2D eigenvalue weighted by Crippen LogP contribution is 2.12. The molecule has 0 heterocycles. The van der Waals surface area contributed by atoms with Crippen molar-refractivity contribution in [1.82, 2.24) is 4.72 Å². The maximum absolute atomic E-state index is 11.4. The van der Waals surface area contributed by atoms with Crippen molar-refractivity contribution in [3.8, 4) is 0 Å². The average Bonchev–Trinajstić information content (AvgIpc) is 2.22. The maximum Gasteiger partial charge on any atom is 0.261 e. The average molecular weight is 241 g/mol. The van der Waals surface area contributed by atoms with Crippen LogP contribution < -0.4 is 4.72 Å². The summed E-state index contributed by atoms with van der Waals surface area (Å²) in [5, 5.41) is 0. The van der Waals surface area contributed by atoms with Crippen LogP contribution in [0.1, 0.15) is 6.92 Å². The predicted molar refractivity (Wildman–Crippen MR) is 65.7 cm³/mol. The van der Waals surface area contributed by atoms with Crippen LogP contribution in [-0.2, 0) is 16.1 Å². The number of hydrogen-bond acceptors (Lipinski definition) is 2. The molecule has 0 aromatic carbocycles. The Bertz CT molecular complexity index is 358. The molecule has 0 radical (unpaired) electrons. The number of rotatable bonds is 6. The lowest BCUT2D eigenvalue weighted by Crippen LogP contribution is -2.31. The fourth-order valence-electron chi connectivity index (χ4n) is 0.985. The first-order valence-electron chi connectivity index (χ1n) is 4.56. The molecule has 4 nitrogen and oxygen atoms in total. The second-order valence-corrected chi connectivity index (χ2v) is 3.64. The molecule has 0 saturated carbocycles. The Balaban J connectivity index is 4.80. The van der Waals surface area contributed by atoms with Crippen LogP contribution in [0.3, 0.4) is 0 Å². The van der Waals surface area contributed by atoms with E-state index >= 15 is 0 Å². The van der Waals surface area contributed by atoms with E-state index in [1.807, 2.05) is 4.72 Å². The summed E-state index contributed by atoms with van der Waals surface area (Å²) >= 11 is -2.34. The van der Waals surface area contributed by atoms with Crippen molar-refractivity contribution in [1.29, 1.82) is 0 Å². The Morgan fingerprint density at radius 3 is 2.50 bits per heavy atom. The van der Waals surface area contributed by atoms with Crippen molar-refractivity contribution in [2.45, 2.75) is 6.92 Å². The highest BCUT2D eigenvalue weighted by molar-refractivity contribution is 7.77. The first-order chi connectivity index (χ1) is 7.52. The number of carbonyl (C=O) groups excluding carboxylic acids is 1. The van der Waals surface area contributed by atoms with Crippen LogP contribution in [0.2, 0.25) is 0 Å². The summed E-state index contributed by atoms with van der Waals surface area (Å²) in [6, 6.07) is 0. The highest BCUT2D eigenvalue weighted by atomic mass is 32.2. The van der Waals surface area contributed by atoms with Crippen LogP contribution in [0.4, 0.5) is 0 Å². The lowest BCUT2D eigenvalue weighted by atomic mass is 9.99. The molecule has 0 aliphatic carbocycles. The molecule has 0 bridgehead atoms. The molecule has 0 aromatic heterocycles. The van der Waals surface area contributed by atoms with Crippen LogP contribution in [0.15, 0.2) is 49.1 Å². The highest BCUT2D eigenvalue weighted by Gasteiger charge is 2.16. The minimum atomic E-state index is -2.34. The third-order valence-corrected chi connectivity index (χ3v) is 2.19. The fourth-order valence-corrected chi connectivity index (χ4v) is 1.33. The molecule has 0 saturated heterocycles. The van der Waals surface area contributed by atoms with Gasteiger partial charge < -0.3 is 0 Å². The lowest BCUT2D eigenvalue weighted by Gasteiger charge is -2.10. The number of allylic oxidation sites excluding steroid dienone is 5.